The summed E-state index contributed by atoms with van der Waals surface area (Å²) in [6.07, 6.45) is -4.09. The lowest BCUT2D eigenvalue weighted by molar-refractivity contribution is -0.520. The van der Waals surface area contributed by atoms with E-state index in [4.69, 9.17) is 15.0 Å². The number of alkyl halides is 3. The van der Waals surface area contributed by atoms with Gasteiger partial charge in [-0.2, -0.15) is 17.7 Å². The van der Waals surface area contributed by atoms with Gasteiger partial charge in [0.2, 0.25) is 11.5 Å². The number of ketones is 1. The Labute approximate surface area is 177 Å². The van der Waals surface area contributed by atoms with Crippen LogP contribution in [0.5, 0.6) is 0 Å². The number of carbonyl (C=O) groups excluding carboxylic acids is 3. The third kappa shape index (κ3) is 5.89. The number of benzene rings is 1. The molecule has 1 aromatic rings. The van der Waals surface area contributed by atoms with Gasteiger partial charge < -0.3 is 25.0 Å². The highest BCUT2D eigenvalue weighted by atomic mass is 19.4. The van der Waals surface area contributed by atoms with Gasteiger partial charge in [0, 0.05) is 6.54 Å². The quantitative estimate of drug-likeness (QED) is 0.481. The number of allylic oxidation sites excluding steroid dienone is 1. The summed E-state index contributed by atoms with van der Waals surface area (Å²) in [6, 6.07) is 4.97. The number of carboxylic acids is 2. The Kier molecular flexibility index (Phi) is 7.33. The first kappa shape index (κ1) is 24.5. The first-order valence-electron chi connectivity index (χ1n) is 8.93. The van der Waals surface area contributed by atoms with Gasteiger partial charge in [0.25, 0.3) is 0 Å². The highest BCUT2D eigenvalue weighted by Crippen LogP contribution is 2.25. The number of hydrogen-bond acceptors (Lipinski definition) is 6. The molecule has 1 amide bonds. The number of carboxylic acid groups (broad SMARTS) is 2. The molecule has 9 nitrogen and oxygen atoms in total. The summed E-state index contributed by atoms with van der Waals surface area (Å²) in [5.41, 5.74) is 0.458. The van der Waals surface area contributed by atoms with Crippen LogP contribution in [0.1, 0.15) is 18.4 Å². The summed E-state index contributed by atoms with van der Waals surface area (Å²) < 4.78 is 46.0. The van der Waals surface area contributed by atoms with Crippen LogP contribution in [0, 0.1) is 5.82 Å². The molecular formula is C19H16F4N2O7. The number of rotatable bonds is 4. The van der Waals surface area contributed by atoms with E-state index in [0.717, 1.165) is 0 Å². The number of fused-ring (bicyclic) bond motifs is 1. The largest absolute Gasteiger partial charge is 0.542 e. The minimum absolute atomic E-state index is 0.0866. The van der Waals surface area contributed by atoms with Crippen molar-refractivity contribution >= 4 is 29.8 Å². The molecule has 13 heteroatoms. The van der Waals surface area contributed by atoms with Crippen LogP contribution in [0.25, 0.3) is 0 Å². The standard InChI is InChI=1S/C17H15FN2O5.C2HF3O2/c18-11-3-1-10(2-4-11)8-19-9-12(7-14(22)23)20-6-5-13(21)16(24)15(20)17(19)25;3-2(4,5)1(6)7/h1-4,6,12H,5,7-9H2,(H-,22,23,24,25);(H,6,7). The summed E-state index contributed by atoms with van der Waals surface area (Å²) in [7, 11) is 0. The van der Waals surface area contributed by atoms with E-state index in [0.29, 0.717) is 5.56 Å². The van der Waals surface area contributed by atoms with Crippen molar-refractivity contribution in [3.8, 4) is 0 Å². The van der Waals surface area contributed by atoms with Crippen LogP contribution in [-0.4, -0.2) is 68.3 Å². The number of aliphatic hydroxyl groups is 1. The van der Waals surface area contributed by atoms with Gasteiger partial charge in [-0.05, 0) is 17.7 Å². The number of halogens is 4. The van der Waals surface area contributed by atoms with Gasteiger partial charge in [-0.3, -0.25) is 14.4 Å². The summed E-state index contributed by atoms with van der Waals surface area (Å²) in [4.78, 5) is 45.7. The zero-order valence-corrected chi connectivity index (χ0v) is 16.1. The van der Waals surface area contributed by atoms with E-state index in [-0.39, 0.29) is 31.6 Å². The van der Waals surface area contributed by atoms with Crippen molar-refractivity contribution < 1.29 is 56.6 Å². The van der Waals surface area contributed by atoms with E-state index in [1.54, 1.807) is 0 Å². The first-order valence-corrected chi connectivity index (χ1v) is 8.93. The molecule has 0 aliphatic carbocycles. The number of Topliss-reactive ketones (excluding diaryl/α,β-unsaturated/α-hetero) is 1. The monoisotopic (exact) mass is 460 g/mol. The maximum atomic E-state index is 13.0. The van der Waals surface area contributed by atoms with E-state index in [9.17, 15) is 37.1 Å². The second-order valence-corrected chi connectivity index (χ2v) is 6.76. The molecule has 172 valence electrons. The molecule has 0 aromatic heterocycles. The highest BCUT2D eigenvalue weighted by molar-refractivity contribution is 6.08. The average molecular weight is 460 g/mol. The van der Waals surface area contributed by atoms with E-state index in [2.05, 4.69) is 0 Å². The Morgan fingerprint density at radius 2 is 1.75 bits per heavy atom. The minimum Gasteiger partial charge on any atom is -0.542 e. The number of piperazine rings is 1. The second-order valence-electron chi connectivity index (χ2n) is 6.76. The summed E-state index contributed by atoms with van der Waals surface area (Å²) in [5.74, 6) is -6.26. The maximum absolute atomic E-state index is 13.0. The molecule has 2 heterocycles. The second kappa shape index (κ2) is 9.58. The van der Waals surface area contributed by atoms with Crippen LogP contribution in [0.2, 0.25) is 0 Å². The van der Waals surface area contributed by atoms with E-state index >= 15 is 0 Å². The topological polar surface area (TPSA) is 138 Å². The van der Waals surface area contributed by atoms with Crippen LogP contribution >= 0.6 is 0 Å². The molecule has 3 rings (SSSR count). The summed E-state index contributed by atoms with van der Waals surface area (Å²) in [6.45, 7) is 0.234. The number of nitrogens with zero attached hydrogens (tertiary/aromatic N) is 2. The zero-order valence-electron chi connectivity index (χ0n) is 16.1. The molecule has 1 fully saturated rings. The Balaban J connectivity index is 0.000000451. The smallest absolute Gasteiger partial charge is 0.430 e. The number of aliphatic hydroxyl groups excluding tert-OH is 1. The van der Waals surface area contributed by atoms with Crippen molar-refractivity contribution in [1.29, 1.82) is 0 Å². The van der Waals surface area contributed by atoms with Crippen molar-refractivity contribution in [2.24, 2.45) is 0 Å². The summed E-state index contributed by atoms with van der Waals surface area (Å²) in [5, 5.41) is 27.9. The van der Waals surface area contributed by atoms with Gasteiger partial charge in [0.15, 0.2) is 12.3 Å². The SMILES string of the molecule is O=C(O)CC1CN(Cc2ccc(F)cc2)C(=O)C2=C(O)C(=O)CC=[N+]21.O=C([O-])C(F)(F)F. The molecule has 0 spiro atoms. The van der Waals surface area contributed by atoms with Crippen LogP contribution in [-0.2, 0) is 25.7 Å². The third-order valence-electron chi connectivity index (χ3n) is 4.46. The van der Waals surface area contributed by atoms with Crippen LogP contribution in [0.3, 0.4) is 0 Å². The number of aliphatic carboxylic acids is 2. The van der Waals surface area contributed by atoms with Gasteiger partial charge in [0.05, 0.1) is 13.0 Å². The minimum atomic E-state index is -5.19. The van der Waals surface area contributed by atoms with Gasteiger partial charge in [-0.25, -0.2) is 4.39 Å². The van der Waals surface area contributed by atoms with Crippen LogP contribution in [0.15, 0.2) is 35.7 Å². The molecule has 1 atom stereocenters. The van der Waals surface area contributed by atoms with Gasteiger partial charge in [-0.1, -0.05) is 12.1 Å². The van der Waals surface area contributed by atoms with E-state index < -0.39 is 47.4 Å². The molecule has 2 N–H and O–H groups in total. The maximum Gasteiger partial charge on any atom is 0.430 e. The first-order chi connectivity index (χ1) is 14.8. The molecule has 0 bridgehead atoms. The van der Waals surface area contributed by atoms with Gasteiger partial charge in [0.1, 0.15) is 18.2 Å². The Hall–Kier alpha value is -3.77. The van der Waals surface area contributed by atoms with Crippen molar-refractivity contribution in [3.05, 3.63) is 47.1 Å². The molecule has 0 saturated carbocycles. The van der Waals surface area contributed by atoms with Crippen molar-refractivity contribution in [3.63, 3.8) is 0 Å². The van der Waals surface area contributed by atoms with Crippen LogP contribution in [0.4, 0.5) is 17.6 Å². The number of carbonyl (C=O) groups is 4. The van der Waals surface area contributed by atoms with Crippen molar-refractivity contribution in [2.75, 3.05) is 6.54 Å². The molecule has 1 saturated heterocycles. The highest BCUT2D eigenvalue weighted by Gasteiger charge is 2.47. The predicted molar refractivity (Wildman–Crippen MR) is 94.5 cm³/mol. The van der Waals surface area contributed by atoms with Crippen molar-refractivity contribution in [1.82, 2.24) is 4.90 Å². The Morgan fingerprint density at radius 3 is 2.25 bits per heavy atom. The van der Waals surface area contributed by atoms with Gasteiger partial charge in [-0.15, -0.1) is 0 Å². The fourth-order valence-corrected chi connectivity index (χ4v) is 3.05. The summed E-state index contributed by atoms with van der Waals surface area (Å²) >= 11 is 0. The molecule has 2 aliphatic rings. The molecule has 1 aromatic carbocycles. The lowest BCUT2D eigenvalue weighted by Crippen LogP contribution is -2.53. The normalized spacial score (nSPS) is 18.4. The fraction of sp³-hybridized carbons (Fsp3) is 0.316. The molecule has 32 heavy (non-hydrogen) atoms. The fourth-order valence-electron chi connectivity index (χ4n) is 3.05. The van der Waals surface area contributed by atoms with Gasteiger partial charge >= 0.3 is 23.7 Å². The zero-order chi connectivity index (χ0) is 24.2. The molecule has 2 aliphatic heterocycles. The predicted octanol–water partition coefficient (Wildman–Crippen LogP) is 0.136. The average Bonchev–Trinajstić information content (AvgIpc) is 2.68. The van der Waals surface area contributed by atoms with Crippen molar-refractivity contribution in [2.45, 2.75) is 31.6 Å². The Bertz CT molecular complexity index is 1000. The molecular weight excluding hydrogens is 444 g/mol. The Morgan fingerprint density at radius 1 is 1.19 bits per heavy atom. The lowest BCUT2D eigenvalue weighted by Gasteiger charge is -2.32. The number of amides is 1. The molecule has 0 radical (unpaired) electrons. The number of hydrogen-bond donors (Lipinski definition) is 2. The lowest BCUT2D eigenvalue weighted by atomic mass is 10.0. The molecule has 1 unspecified atom stereocenters. The van der Waals surface area contributed by atoms with Crippen LogP contribution < -0.4 is 5.11 Å². The van der Waals surface area contributed by atoms with E-state index in [1.165, 1.54) is 40.0 Å². The third-order valence-corrected chi connectivity index (χ3v) is 4.46. The van der Waals surface area contributed by atoms with E-state index in [1.807, 2.05) is 0 Å².